The van der Waals surface area contributed by atoms with Crippen molar-refractivity contribution in [2.45, 2.75) is 25.1 Å². The lowest BCUT2D eigenvalue weighted by Gasteiger charge is -2.20. The van der Waals surface area contributed by atoms with Crippen LogP contribution in [0.3, 0.4) is 0 Å². The quantitative estimate of drug-likeness (QED) is 0.872. The summed E-state index contributed by atoms with van der Waals surface area (Å²) in [5, 5.41) is 11.9. The van der Waals surface area contributed by atoms with Crippen molar-refractivity contribution in [1.82, 2.24) is 5.32 Å². The molecular formula is C15H16F3NO4. The zero-order valence-corrected chi connectivity index (χ0v) is 12.2. The minimum absolute atomic E-state index is 0.00509. The first kappa shape index (κ1) is 15.9. The van der Waals surface area contributed by atoms with E-state index in [4.69, 9.17) is 14.6 Å². The van der Waals surface area contributed by atoms with Gasteiger partial charge in [0.15, 0.2) is 11.5 Å². The maximum Gasteiger partial charge on any atom is 0.416 e. The molecule has 8 heteroatoms. The number of benzene rings is 1. The molecule has 126 valence electrons. The van der Waals surface area contributed by atoms with Gasteiger partial charge in [0.2, 0.25) is 0 Å². The van der Waals surface area contributed by atoms with Crippen molar-refractivity contribution >= 4 is 5.97 Å². The van der Waals surface area contributed by atoms with Gasteiger partial charge in [-0.05, 0) is 24.1 Å². The Labute approximate surface area is 130 Å². The van der Waals surface area contributed by atoms with Crippen LogP contribution in [0.1, 0.15) is 30.0 Å². The summed E-state index contributed by atoms with van der Waals surface area (Å²) in [4.78, 5) is 11.0. The standard InChI is InChI=1S/C15H16F3NO4/c16-15(17,18)10-6-13-12(22-2-1-3-23-13)5-9(10)11-4-8(7-19-11)14(20)21/h5-6,8,11,19H,1-4,7H2,(H,20,21). The molecule has 0 aliphatic carbocycles. The van der Waals surface area contributed by atoms with E-state index in [9.17, 15) is 18.0 Å². The first-order valence-electron chi connectivity index (χ1n) is 7.33. The van der Waals surface area contributed by atoms with E-state index in [0.717, 1.165) is 6.07 Å². The Bertz CT molecular complexity index is 617. The van der Waals surface area contributed by atoms with Crippen LogP contribution < -0.4 is 14.8 Å². The third-order valence-electron chi connectivity index (χ3n) is 4.08. The summed E-state index contributed by atoms with van der Waals surface area (Å²) in [7, 11) is 0. The van der Waals surface area contributed by atoms with Gasteiger partial charge in [0.1, 0.15) is 0 Å². The third-order valence-corrected chi connectivity index (χ3v) is 4.08. The predicted octanol–water partition coefficient (Wildman–Crippen LogP) is 2.60. The molecule has 5 nitrogen and oxygen atoms in total. The van der Waals surface area contributed by atoms with Crippen LogP contribution in [-0.2, 0) is 11.0 Å². The fourth-order valence-electron chi connectivity index (χ4n) is 2.92. The second kappa shape index (κ2) is 5.92. The van der Waals surface area contributed by atoms with Crippen LogP contribution in [0.25, 0.3) is 0 Å². The number of fused-ring (bicyclic) bond motifs is 1. The maximum atomic E-state index is 13.4. The molecule has 2 aliphatic rings. The molecule has 2 unspecified atom stereocenters. The lowest BCUT2D eigenvalue weighted by Crippen LogP contribution is -2.19. The molecular weight excluding hydrogens is 315 g/mol. The van der Waals surface area contributed by atoms with Crippen LogP contribution in [0, 0.1) is 5.92 Å². The van der Waals surface area contributed by atoms with Gasteiger partial charge in [0, 0.05) is 19.0 Å². The highest BCUT2D eigenvalue weighted by Gasteiger charge is 2.40. The number of aliphatic carboxylic acids is 1. The van der Waals surface area contributed by atoms with Crippen molar-refractivity contribution in [1.29, 1.82) is 0 Å². The van der Waals surface area contributed by atoms with Gasteiger partial charge in [-0.3, -0.25) is 4.79 Å². The molecule has 2 heterocycles. The highest BCUT2D eigenvalue weighted by atomic mass is 19.4. The lowest BCUT2D eigenvalue weighted by atomic mass is 9.95. The third kappa shape index (κ3) is 3.21. The van der Waals surface area contributed by atoms with Crippen LogP contribution in [0.5, 0.6) is 11.5 Å². The Morgan fingerprint density at radius 1 is 1.22 bits per heavy atom. The zero-order chi connectivity index (χ0) is 16.6. The van der Waals surface area contributed by atoms with E-state index in [-0.39, 0.29) is 30.0 Å². The summed E-state index contributed by atoms with van der Waals surface area (Å²) in [6.07, 6.45) is -3.85. The Kier molecular flexibility index (Phi) is 4.09. The van der Waals surface area contributed by atoms with Gasteiger partial charge >= 0.3 is 12.1 Å². The molecule has 0 aromatic heterocycles. The number of alkyl halides is 3. The summed E-state index contributed by atoms with van der Waals surface area (Å²) >= 11 is 0. The second-order valence-electron chi connectivity index (χ2n) is 5.67. The van der Waals surface area contributed by atoms with Gasteiger partial charge in [-0.1, -0.05) is 0 Å². The molecule has 0 amide bonds. The van der Waals surface area contributed by atoms with E-state index in [1.54, 1.807) is 0 Å². The molecule has 23 heavy (non-hydrogen) atoms. The average molecular weight is 331 g/mol. The smallest absolute Gasteiger partial charge is 0.416 e. The van der Waals surface area contributed by atoms with Crippen molar-refractivity contribution in [2.24, 2.45) is 5.92 Å². The van der Waals surface area contributed by atoms with E-state index >= 15 is 0 Å². The molecule has 1 aromatic carbocycles. The predicted molar refractivity (Wildman–Crippen MR) is 73.5 cm³/mol. The van der Waals surface area contributed by atoms with Crippen LogP contribution in [0.4, 0.5) is 13.2 Å². The van der Waals surface area contributed by atoms with E-state index in [2.05, 4.69) is 5.32 Å². The molecule has 0 spiro atoms. The Morgan fingerprint density at radius 2 is 1.87 bits per heavy atom. The molecule has 0 radical (unpaired) electrons. The van der Waals surface area contributed by atoms with E-state index in [0.29, 0.717) is 19.6 Å². The van der Waals surface area contributed by atoms with E-state index in [1.807, 2.05) is 0 Å². The zero-order valence-electron chi connectivity index (χ0n) is 12.2. The molecule has 2 N–H and O–H groups in total. The fraction of sp³-hybridized carbons (Fsp3) is 0.533. The van der Waals surface area contributed by atoms with Crippen molar-refractivity contribution < 1.29 is 32.5 Å². The van der Waals surface area contributed by atoms with Crippen LogP contribution in [-0.4, -0.2) is 30.8 Å². The molecule has 1 saturated heterocycles. The van der Waals surface area contributed by atoms with Gasteiger partial charge in [0.25, 0.3) is 0 Å². The Balaban J connectivity index is 2.01. The highest BCUT2D eigenvalue weighted by Crippen LogP contribution is 2.44. The first-order valence-corrected chi connectivity index (χ1v) is 7.33. The highest BCUT2D eigenvalue weighted by molar-refractivity contribution is 5.71. The number of hydrogen-bond donors (Lipinski definition) is 2. The van der Waals surface area contributed by atoms with E-state index in [1.165, 1.54) is 6.07 Å². The molecule has 1 fully saturated rings. The largest absolute Gasteiger partial charge is 0.490 e. The normalized spacial score (nSPS) is 24.3. The number of nitrogens with one attached hydrogen (secondary N) is 1. The number of halogens is 3. The fourth-order valence-corrected chi connectivity index (χ4v) is 2.92. The number of carboxylic acid groups (broad SMARTS) is 1. The molecule has 0 bridgehead atoms. The van der Waals surface area contributed by atoms with Crippen molar-refractivity contribution in [3.8, 4) is 11.5 Å². The lowest BCUT2D eigenvalue weighted by molar-refractivity contribution is -0.141. The number of carboxylic acids is 1. The average Bonchev–Trinajstić information content (AvgIpc) is 2.85. The van der Waals surface area contributed by atoms with E-state index < -0.39 is 29.7 Å². The summed E-state index contributed by atoms with van der Waals surface area (Å²) in [5.74, 6) is -1.36. The summed E-state index contributed by atoms with van der Waals surface area (Å²) in [6, 6.07) is 1.60. The second-order valence-corrected chi connectivity index (χ2v) is 5.67. The van der Waals surface area contributed by atoms with Gasteiger partial charge in [0.05, 0.1) is 24.7 Å². The number of carbonyl (C=O) groups is 1. The van der Waals surface area contributed by atoms with Gasteiger partial charge in [-0.2, -0.15) is 13.2 Å². The number of ether oxygens (including phenoxy) is 2. The monoisotopic (exact) mass is 331 g/mol. The Morgan fingerprint density at radius 3 is 2.43 bits per heavy atom. The number of hydrogen-bond acceptors (Lipinski definition) is 4. The SMILES string of the molecule is O=C(O)C1CNC(c2cc3c(cc2C(F)(F)F)OCCCO3)C1. The van der Waals surface area contributed by atoms with Crippen LogP contribution >= 0.6 is 0 Å². The first-order chi connectivity index (χ1) is 10.9. The Hall–Kier alpha value is -1.96. The van der Waals surface area contributed by atoms with Gasteiger partial charge in [-0.25, -0.2) is 0 Å². The molecule has 2 atom stereocenters. The summed E-state index contributed by atoms with van der Waals surface area (Å²) < 4.78 is 50.9. The summed E-state index contributed by atoms with van der Waals surface area (Å²) in [5.41, 5.74) is -0.809. The number of rotatable bonds is 2. The molecule has 0 saturated carbocycles. The maximum absolute atomic E-state index is 13.4. The van der Waals surface area contributed by atoms with Crippen LogP contribution in [0.2, 0.25) is 0 Å². The topological polar surface area (TPSA) is 67.8 Å². The van der Waals surface area contributed by atoms with Gasteiger partial charge < -0.3 is 19.9 Å². The van der Waals surface area contributed by atoms with Gasteiger partial charge in [-0.15, -0.1) is 0 Å². The van der Waals surface area contributed by atoms with Crippen molar-refractivity contribution in [3.05, 3.63) is 23.3 Å². The van der Waals surface area contributed by atoms with Crippen molar-refractivity contribution in [2.75, 3.05) is 19.8 Å². The summed E-state index contributed by atoms with van der Waals surface area (Å²) in [6.45, 7) is 0.811. The minimum Gasteiger partial charge on any atom is -0.490 e. The molecule has 3 rings (SSSR count). The minimum atomic E-state index is -4.55. The molecule has 2 aliphatic heterocycles. The van der Waals surface area contributed by atoms with Crippen LogP contribution in [0.15, 0.2) is 12.1 Å². The molecule has 1 aromatic rings. The van der Waals surface area contributed by atoms with Crippen molar-refractivity contribution in [3.63, 3.8) is 0 Å².